The van der Waals surface area contributed by atoms with Crippen molar-refractivity contribution in [3.05, 3.63) is 35.9 Å². The maximum atomic E-state index is 13.4. The van der Waals surface area contributed by atoms with Crippen molar-refractivity contribution in [3.63, 3.8) is 0 Å². The van der Waals surface area contributed by atoms with E-state index >= 15 is 0 Å². The van der Waals surface area contributed by atoms with Gasteiger partial charge in [-0.15, -0.1) is 0 Å². The Bertz CT molecular complexity index is 1140. The number of halogens is 3. The Balaban J connectivity index is 2.97. The summed E-state index contributed by atoms with van der Waals surface area (Å²) in [5, 5.41) is 16.0. The number of benzene rings is 1. The van der Waals surface area contributed by atoms with Crippen molar-refractivity contribution >= 4 is 32.2 Å². The lowest BCUT2D eigenvalue weighted by Gasteiger charge is -2.35. The number of hydrogen-bond acceptors (Lipinski definition) is 9. The zero-order valence-electron chi connectivity index (χ0n) is 27.6. The average molecular weight is 690 g/mol. The normalized spacial score (nSPS) is 13.5. The van der Waals surface area contributed by atoms with Gasteiger partial charge in [-0.2, -0.15) is 18.4 Å². The maximum absolute atomic E-state index is 13.4. The van der Waals surface area contributed by atoms with E-state index in [2.05, 4.69) is 10.6 Å². The summed E-state index contributed by atoms with van der Waals surface area (Å²) in [4.78, 5) is 49.9. The van der Waals surface area contributed by atoms with Crippen LogP contribution in [0.2, 0.25) is 0 Å². The molecule has 0 aliphatic rings. The lowest BCUT2D eigenvalue weighted by atomic mass is 10.0. The van der Waals surface area contributed by atoms with E-state index in [4.69, 9.17) is 19.0 Å². The fourth-order valence-electron chi connectivity index (χ4n) is 4.32. The molecular formula is C31H47F3N5O7P. The van der Waals surface area contributed by atoms with Crippen LogP contribution in [0.15, 0.2) is 30.3 Å². The van der Waals surface area contributed by atoms with E-state index in [1.807, 2.05) is 38.4 Å². The van der Waals surface area contributed by atoms with Gasteiger partial charge in [0.15, 0.2) is 0 Å². The van der Waals surface area contributed by atoms with Crippen molar-refractivity contribution in [1.82, 2.24) is 20.6 Å². The van der Waals surface area contributed by atoms with Crippen LogP contribution in [0, 0.1) is 11.3 Å². The predicted molar refractivity (Wildman–Crippen MR) is 169 cm³/mol. The number of nitriles is 1. The van der Waals surface area contributed by atoms with Crippen LogP contribution in [0.4, 0.5) is 13.2 Å². The highest BCUT2D eigenvalue weighted by Crippen LogP contribution is 2.45. The minimum atomic E-state index is -5.01. The van der Waals surface area contributed by atoms with Crippen molar-refractivity contribution in [3.8, 4) is 6.07 Å². The number of ether oxygens (including phenoxy) is 1. The van der Waals surface area contributed by atoms with Crippen LogP contribution in [0.5, 0.6) is 0 Å². The topological polar surface area (TPSA) is 159 Å². The molecule has 3 unspecified atom stereocenters. The Morgan fingerprint density at radius 3 is 2.15 bits per heavy atom. The summed E-state index contributed by atoms with van der Waals surface area (Å²) >= 11 is 0. The van der Waals surface area contributed by atoms with Gasteiger partial charge in [-0.05, 0) is 52.5 Å². The van der Waals surface area contributed by atoms with Gasteiger partial charge in [-0.1, -0.05) is 37.3 Å². The highest BCUT2D eigenvalue weighted by atomic mass is 31.2. The summed E-state index contributed by atoms with van der Waals surface area (Å²) in [7, 11) is -1.58. The summed E-state index contributed by atoms with van der Waals surface area (Å²) in [6.45, 7) is 9.16. The van der Waals surface area contributed by atoms with Gasteiger partial charge in [0, 0.05) is 31.5 Å². The molecule has 12 nitrogen and oxygen atoms in total. The van der Waals surface area contributed by atoms with E-state index in [0.29, 0.717) is 0 Å². The second-order valence-corrected chi connectivity index (χ2v) is 12.5. The molecule has 1 rings (SSSR count). The molecule has 264 valence electrons. The minimum Gasteiger partial charge on any atom is -0.462 e. The van der Waals surface area contributed by atoms with Crippen LogP contribution in [0.1, 0.15) is 72.3 Å². The number of carbonyl (C=O) groups excluding carboxylic acids is 4. The van der Waals surface area contributed by atoms with Crippen molar-refractivity contribution in [2.75, 3.05) is 26.4 Å². The van der Waals surface area contributed by atoms with Crippen molar-refractivity contribution in [1.29, 1.82) is 5.26 Å². The SMILES string of the molecule is CCC(=O)NC(Cc1ccccc1)C(=O)NC(CCCCNC(=O)C(F)(F)F)C(=O)OCCOP(OCCC#N)N(C(C)C)C(C)C. The number of nitrogens with zero attached hydrogens (tertiary/aromatic N) is 2. The molecule has 0 aliphatic heterocycles. The number of nitrogens with one attached hydrogen (secondary N) is 3. The smallest absolute Gasteiger partial charge is 0.462 e. The molecule has 3 amide bonds. The molecule has 0 saturated carbocycles. The fourth-order valence-corrected chi connectivity index (χ4v) is 5.90. The van der Waals surface area contributed by atoms with E-state index < -0.39 is 44.6 Å². The maximum Gasteiger partial charge on any atom is 0.471 e. The molecule has 0 spiro atoms. The van der Waals surface area contributed by atoms with Gasteiger partial charge in [-0.3, -0.25) is 14.4 Å². The summed E-state index contributed by atoms with van der Waals surface area (Å²) in [5.74, 6) is -3.88. The Morgan fingerprint density at radius 2 is 1.57 bits per heavy atom. The van der Waals surface area contributed by atoms with Gasteiger partial charge < -0.3 is 29.7 Å². The minimum absolute atomic E-state index is 0.00838. The monoisotopic (exact) mass is 689 g/mol. The molecule has 0 bridgehead atoms. The lowest BCUT2D eigenvalue weighted by molar-refractivity contribution is -0.173. The van der Waals surface area contributed by atoms with Crippen LogP contribution in [0.25, 0.3) is 0 Å². The second kappa shape index (κ2) is 22.3. The quantitative estimate of drug-likeness (QED) is 0.0917. The molecule has 0 aromatic heterocycles. The average Bonchev–Trinajstić information content (AvgIpc) is 3.01. The molecule has 47 heavy (non-hydrogen) atoms. The van der Waals surface area contributed by atoms with E-state index in [-0.39, 0.29) is 82.9 Å². The zero-order valence-corrected chi connectivity index (χ0v) is 28.5. The summed E-state index contributed by atoms with van der Waals surface area (Å²) in [6, 6.07) is 8.88. The van der Waals surface area contributed by atoms with Crippen molar-refractivity contribution in [2.45, 2.75) is 103 Å². The number of carbonyl (C=O) groups is 4. The Morgan fingerprint density at radius 1 is 0.936 bits per heavy atom. The predicted octanol–water partition coefficient (Wildman–Crippen LogP) is 4.29. The zero-order chi connectivity index (χ0) is 35.4. The molecular weight excluding hydrogens is 642 g/mol. The molecule has 1 aromatic carbocycles. The van der Waals surface area contributed by atoms with Gasteiger partial charge in [0.2, 0.25) is 11.8 Å². The van der Waals surface area contributed by atoms with Gasteiger partial charge in [0.1, 0.15) is 18.7 Å². The molecule has 3 N–H and O–H groups in total. The Kier molecular flexibility index (Phi) is 19.8. The molecule has 1 aromatic rings. The van der Waals surface area contributed by atoms with Crippen molar-refractivity contribution in [2.24, 2.45) is 0 Å². The van der Waals surface area contributed by atoms with Gasteiger partial charge in [0.25, 0.3) is 8.53 Å². The highest BCUT2D eigenvalue weighted by Gasteiger charge is 2.38. The molecule has 0 fully saturated rings. The number of rotatable bonds is 22. The molecule has 0 saturated heterocycles. The lowest BCUT2D eigenvalue weighted by Crippen LogP contribution is -2.52. The van der Waals surface area contributed by atoms with Crippen LogP contribution in [0.3, 0.4) is 0 Å². The van der Waals surface area contributed by atoms with Gasteiger partial charge >= 0.3 is 18.1 Å². The number of amides is 3. The van der Waals surface area contributed by atoms with Crippen LogP contribution >= 0.6 is 8.53 Å². The highest BCUT2D eigenvalue weighted by molar-refractivity contribution is 7.44. The third-order valence-electron chi connectivity index (χ3n) is 6.51. The number of alkyl halides is 3. The third-order valence-corrected chi connectivity index (χ3v) is 8.62. The first-order valence-electron chi connectivity index (χ1n) is 15.6. The summed E-state index contributed by atoms with van der Waals surface area (Å²) in [5.41, 5.74) is 0.770. The second-order valence-electron chi connectivity index (χ2n) is 11.0. The molecule has 0 radical (unpaired) electrons. The first kappa shape index (κ1) is 41.7. The van der Waals surface area contributed by atoms with Crippen LogP contribution in [-0.2, 0) is 39.4 Å². The van der Waals surface area contributed by atoms with E-state index in [1.165, 1.54) is 0 Å². The summed E-state index contributed by atoms with van der Waals surface area (Å²) in [6.07, 6.45) is -4.32. The molecule has 3 atom stereocenters. The molecule has 16 heteroatoms. The van der Waals surface area contributed by atoms with Crippen molar-refractivity contribution < 1.29 is 46.1 Å². The fraction of sp³-hybridized carbons (Fsp3) is 0.645. The Labute approximate surface area is 276 Å². The number of hydrogen-bond donors (Lipinski definition) is 3. The van der Waals surface area contributed by atoms with E-state index in [9.17, 15) is 32.3 Å². The molecule has 0 aliphatic carbocycles. The van der Waals surface area contributed by atoms with E-state index in [0.717, 1.165) is 5.56 Å². The first-order chi connectivity index (χ1) is 22.2. The number of esters is 1. The van der Waals surface area contributed by atoms with Gasteiger partial charge in [0.05, 0.1) is 25.7 Å². The Hall–Kier alpha value is -3.31. The van der Waals surface area contributed by atoms with Crippen LogP contribution in [-0.4, -0.2) is 85.1 Å². The van der Waals surface area contributed by atoms with Gasteiger partial charge in [-0.25, -0.2) is 9.46 Å². The third kappa shape index (κ3) is 16.9. The molecule has 0 heterocycles. The standard InChI is InChI=1S/C31H47F3N5O7P/c1-6-27(40)37-26(21-24-13-8-7-9-14-24)28(41)38-25(15-10-11-17-36-30(43)31(32,33)34)29(42)44-19-20-46-47(45-18-12-16-35)39(22(2)3)23(4)5/h7-9,13-14,22-23,25-26H,6,10-12,15,17-21H2,1-5H3,(H,36,43)(H,37,40)(H,38,41). The van der Waals surface area contributed by atoms with E-state index in [1.54, 1.807) is 42.6 Å². The van der Waals surface area contributed by atoms with Crippen LogP contribution < -0.4 is 16.0 Å². The first-order valence-corrected chi connectivity index (χ1v) is 16.7. The largest absolute Gasteiger partial charge is 0.471 e. The number of unbranched alkanes of at least 4 members (excludes halogenated alkanes) is 1. The summed E-state index contributed by atoms with van der Waals surface area (Å²) < 4.78 is 56.7.